The smallest absolute Gasteiger partial charge is 0.0700 e. The lowest BCUT2D eigenvalue weighted by Gasteiger charge is -2.07. The molecule has 0 saturated carbocycles. The zero-order valence-electron chi connectivity index (χ0n) is 9.84. The summed E-state index contributed by atoms with van der Waals surface area (Å²) >= 11 is 9.35. The average molecular weight is 323 g/mol. The molecular formula is C12H17BrClNO2. The quantitative estimate of drug-likeness (QED) is 0.747. The third-order valence-corrected chi connectivity index (χ3v) is 3.16. The van der Waals surface area contributed by atoms with Gasteiger partial charge in [0.2, 0.25) is 0 Å². The van der Waals surface area contributed by atoms with Crippen LogP contribution in [0.2, 0.25) is 5.02 Å². The number of hydrogen-bond acceptors (Lipinski definition) is 3. The molecule has 0 amide bonds. The molecule has 0 saturated heterocycles. The van der Waals surface area contributed by atoms with Crippen LogP contribution in [-0.4, -0.2) is 33.5 Å². The number of halogens is 2. The first-order valence-electron chi connectivity index (χ1n) is 5.45. The predicted octanol–water partition coefficient (Wildman–Crippen LogP) is 2.86. The van der Waals surface area contributed by atoms with Gasteiger partial charge in [0.05, 0.1) is 19.8 Å². The second-order valence-corrected chi connectivity index (χ2v) is 4.81. The third kappa shape index (κ3) is 6.38. The van der Waals surface area contributed by atoms with Gasteiger partial charge in [-0.15, -0.1) is 0 Å². The molecule has 0 radical (unpaired) electrons. The van der Waals surface area contributed by atoms with E-state index in [0.717, 1.165) is 22.6 Å². The first-order valence-corrected chi connectivity index (χ1v) is 6.62. The van der Waals surface area contributed by atoms with Gasteiger partial charge in [0.1, 0.15) is 0 Å². The molecular weight excluding hydrogens is 305 g/mol. The number of benzene rings is 1. The van der Waals surface area contributed by atoms with Crippen LogP contribution in [0.1, 0.15) is 5.56 Å². The molecule has 0 atom stereocenters. The molecule has 1 aromatic rings. The van der Waals surface area contributed by atoms with Gasteiger partial charge in [0.25, 0.3) is 0 Å². The zero-order valence-corrected chi connectivity index (χ0v) is 12.2. The van der Waals surface area contributed by atoms with Gasteiger partial charge in [0.15, 0.2) is 0 Å². The summed E-state index contributed by atoms with van der Waals surface area (Å²) in [6, 6.07) is 5.79. The first-order chi connectivity index (χ1) is 8.24. The van der Waals surface area contributed by atoms with Crippen LogP contribution in [0.5, 0.6) is 0 Å². The molecule has 5 heteroatoms. The summed E-state index contributed by atoms with van der Waals surface area (Å²) in [6.45, 7) is 3.59. The molecule has 0 aliphatic rings. The maximum atomic E-state index is 5.87. The Labute approximate surface area is 116 Å². The molecule has 0 spiro atoms. The van der Waals surface area contributed by atoms with E-state index in [9.17, 15) is 0 Å². The van der Waals surface area contributed by atoms with Gasteiger partial charge in [-0.1, -0.05) is 33.6 Å². The highest BCUT2D eigenvalue weighted by atomic mass is 79.9. The molecule has 1 N–H and O–H groups in total. The zero-order chi connectivity index (χ0) is 12.5. The van der Waals surface area contributed by atoms with Crippen molar-refractivity contribution in [1.29, 1.82) is 0 Å². The number of rotatable bonds is 8. The summed E-state index contributed by atoms with van der Waals surface area (Å²) in [5.41, 5.74) is 1.19. The fraction of sp³-hybridized carbons (Fsp3) is 0.500. The van der Waals surface area contributed by atoms with Gasteiger partial charge < -0.3 is 14.8 Å². The summed E-state index contributed by atoms with van der Waals surface area (Å²) in [4.78, 5) is 0. The highest BCUT2D eigenvalue weighted by Gasteiger charge is 1.99. The Balaban J connectivity index is 2.14. The van der Waals surface area contributed by atoms with Crippen LogP contribution >= 0.6 is 27.5 Å². The van der Waals surface area contributed by atoms with E-state index in [0.29, 0.717) is 19.8 Å². The van der Waals surface area contributed by atoms with Gasteiger partial charge in [0, 0.05) is 29.7 Å². The number of ether oxygens (including phenoxy) is 2. The van der Waals surface area contributed by atoms with Crippen LogP contribution in [-0.2, 0) is 16.0 Å². The number of hydrogen-bond donors (Lipinski definition) is 1. The first kappa shape index (κ1) is 14.9. The van der Waals surface area contributed by atoms with E-state index < -0.39 is 0 Å². The van der Waals surface area contributed by atoms with Crippen molar-refractivity contribution in [2.24, 2.45) is 0 Å². The van der Waals surface area contributed by atoms with Gasteiger partial charge in [-0.3, -0.25) is 0 Å². The van der Waals surface area contributed by atoms with Crippen molar-refractivity contribution in [3.8, 4) is 0 Å². The maximum Gasteiger partial charge on any atom is 0.0700 e. The normalized spacial score (nSPS) is 10.8. The fourth-order valence-electron chi connectivity index (χ4n) is 1.28. The van der Waals surface area contributed by atoms with Crippen LogP contribution < -0.4 is 5.32 Å². The monoisotopic (exact) mass is 321 g/mol. The fourth-order valence-corrected chi connectivity index (χ4v) is 2.10. The van der Waals surface area contributed by atoms with Crippen LogP contribution in [0, 0.1) is 0 Å². The largest absolute Gasteiger partial charge is 0.382 e. The summed E-state index contributed by atoms with van der Waals surface area (Å²) in [6.07, 6.45) is 0. The average Bonchev–Trinajstić information content (AvgIpc) is 2.30. The molecule has 0 bridgehead atoms. The second kappa shape index (κ2) is 8.89. The van der Waals surface area contributed by atoms with Crippen molar-refractivity contribution in [3.05, 3.63) is 33.3 Å². The van der Waals surface area contributed by atoms with Crippen LogP contribution in [0.4, 0.5) is 0 Å². The molecule has 0 unspecified atom stereocenters. The van der Waals surface area contributed by atoms with E-state index in [2.05, 4.69) is 21.2 Å². The minimum atomic E-state index is 0.642. The second-order valence-electron chi connectivity index (χ2n) is 3.52. The standard InChI is InChI=1S/C12H17BrClNO2/c1-16-6-7-17-5-4-15-9-10-2-3-11(14)8-12(10)13/h2-3,8,15H,4-7,9H2,1H3. The van der Waals surface area contributed by atoms with Crippen molar-refractivity contribution < 1.29 is 9.47 Å². The lowest BCUT2D eigenvalue weighted by Crippen LogP contribution is -2.20. The topological polar surface area (TPSA) is 30.5 Å². The molecule has 96 valence electrons. The van der Waals surface area contributed by atoms with Crippen molar-refractivity contribution in [1.82, 2.24) is 5.32 Å². The molecule has 0 aliphatic heterocycles. The summed E-state index contributed by atoms with van der Waals surface area (Å²) in [5, 5.41) is 4.04. The summed E-state index contributed by atoms with van der Waals surface area (Å²) in [7, 11) is 1.67. The molecule has 0 aromatic heterocycles. The van der Waals surface area contributed by atoms with E-state index in [4.69, 9.17) is 21.1 Å². The van der Waals surface area contributed by atoms with Gasteiger partial charge in [-0.25, -0.2) is 0 Å². The van der Waals surface area contributed by atoms with E-state index in [1.165, 1.54) is 5.56 Å². The molecule has 1 aromatic carbocycles. The SMILES string of the molecule is COCCOCCNCc1ccc(Cl)cc1Br. The molecule has 3 nitrogen and oxygen atoms in total. The minimum absolute atomic E-state index is 0.642. The molecule has 0 aliphatic carbocycles. The Bertz CT molecular complexity index is 336. The molecule has 0 heterocycles. The highest BCUT2D eigenvalue weighted by molar-refractivity contribution is 9.10. The Kier molecular flexibility index (Phi) is 7.81. The van der Waals surface area contributed by atoms with Gasteiger partial charge >= 0.3 is 0 Å². The highest BCUT2D eigenvalue weighted by Crippen LogP contribution is 2.21. The summed E-state index contributed by atoms with van der Waals surface area (Å²) in [5.74, 6) is 0. The van der Waals surface area contributed by atoms with E-state index in [1.54, 1.807) is 7.11 Å². The Morgan fingerprint density at radius 1 is 1.29 bits per heavy atom. The van der Waals surface area contributed by atoms with Crippen LogP contribution in [0.25, 0.3) is 0 Å². The van der Waals surface area contributed by atoms with Crippen molar-refractivity contribution in [2.45, 2.75) is 6.54 Å². The van der Waals surface area contributed by atoms with Gasteiger partial charge in [-0.05, 0) is 17.7 Å². The Morgan fingerprint density at radius 3 is 2.82 bits per heavy atom. The van der Waals surface area contributed by atoms with Crippen molar-refractivity contribution in [3.63, 3.8) is 0 Å². The number of nitrogens with one attached hydrogen (secondary N) is 1. The number of methoxy groups -OCH3 is 1. The van der Waals surface area contributed by atoms with E-state index in [-0.39, 0.29) is 0 Å². The lowest BCUT2D eigenvalue weighted by molar-refractivity contribution is 0.0719. The van der Waals surface area contributed by atoms with Crippen LogP contribution in [0.3, 0.4) is 0 Å². The van der Waals surface area contributed by atoms with Crippen molar-refractivity contribution >= 4 is 27.5 Å². The molecule has 17 heavy (non-hydrogen) atoms. The lowest BCUT2D eigenvalue weighted by atomic mass is 10.2. The Hall–Kier alpha value is -0.130. The molecule has 0 fully saturated rings. The maximum absolute atomic E-state index is 5.87. The van der Waals surface area contributed by atoms with Crippen LogP contribution in [0.15, 0.2) is 22.7 Å². The summed E-state index contributed by atoms with van der Waals surface area (Å²) < 4.78 is 11.2. The van der Waals surface area contributed by atoms with Crippen molar-refractivity contribution in [2.75, 3.05) is 33.5 Å². The Morgan fingerprint density at radius 2 is 2.12 bits per heavy atom. The van der Waals surface area contributed by atoms with E-state index >= 15 is 0 Å². The minimum Gasteiger partial charge on any atom is -0.382 e. The van der Waals surface area contributed by atoms with E-state index in [1.807, 2.05) is 18.2 Å². The molecule has 1 rings (SSSR count). The van der Waals surface area contributed by atoms with Gasteiger partial charge in [-0.2, -0.15) is 0 Å². The predicted molar refractivity (Wildman–Crippen MR) is 73.6 cm³/mol. The third-order valence-electron chi connectivity index (χ3n) is 2.19.